The molecule has 1 aliphatic rings. The number of pyridine rings is 1. The Kier molecular flexibility index (Phi) is 6.18. The molecule has 172 valence electrons. The number of halogens is 1. The minimum atomic E-state index is -3.32. The summed E-state index contributed by atoms with van der Waals surface area (Å²) in [6, 6.07) is 15.6. The number of carbonyl (C=O) groups is 1. The third kappa shape index (κ3) is 4.74. The zero-order chi connectivity index (χ0) is 23.8. The first-order valence-corrected chi connectivity index (χ1v) is 12.3. The molecule has 0 bridgehead atoms. The Morgan fingerprint density at radius 2 is 1.85 bits per heavy atom. The maximum absolute atomic E-state index is 12.6. The number of aromatic nitrogens is 1. The molecule has 0 radical (unpaired) electrons. The smallest absolute Gasteiger partial charge is 0.407 e. The summed E-state index contributed by atoms with van der Waals surface area (Å²) in [6.45, 7) is 0.515. The van der Waals surface area contributed by atoms with E-state index >= 15 is 0 Å². The van der Waals surface area contributed by atoms with Crippen LogP contribution in [0.4, 0.5) is 4.79 Å². The van der Waals surface area contributed by atoms with Crippen molar-refractivity contribution >= 4 is 27.5 Å². The van der Waals surface area contributed by atoms with Crippen LogP contribution < -0.4 is 10.3 Å². The number of carboxylic acid groups (broad SMARTS) is 1. The average Bonchev–Trinajstić information content (AvgIpc) is 2.74. The molecular formula is C23H21ClN2O6S. The second kappa shape index (κ2) is 8.92. The van der Waals surface area contributed by atoms with Gasteiger partial charge in [-0.1, -0.05) is 29.8 Å². The highest BCUT2D eigenvalue weighted by molar-refractivity contribution is 7.90. The standard InChI is InChI=1S/C23H21ClN2O6S/c1-33(30,31)18-8-6-16(7-9-18)25-11-10-17(12-21(25)27)32-14-15-13-26(23(28)29)22(15)19-4-2-3-5-20(19)24/h2-12,15,22H,13-14H2,1H3,(H,28,29). The first-order chi connectivity index (χ1) is 15.6. The third-order valence-electron chi connectivity index (χ3n) is 5.58. The van der Waals surface area contributed by atoms with Gasteiger partial charge in [-0.2, -0.15) is 0 Å². The van der Waals surface area contributed by atoms with E-state index in [0.717, 1.165) is 11.8 Å². The van der Waals surface area contributed by atoms with Gasteiger partial charge in [0.05, 0.1) is 17.5 Å². The lowest BCUT2D eigenvalue weighted by Gasteiger charge is -2.46. The van der Waals surface area contributed by atoms with E-state index in [-0.39, 0.29) is 23.0 Å². The molecule has 2 atom stereocenters. The van der Waals surface area contributed by atoms with Crippen molar-refractivity contribution in [1.29, 1.82) is 0 Å². The highest BCUT2D eigenvalue weighted by Crippen LogP contribution is 2.41. The maximum atomic E-state index is 12.6. The summed E-state index contributed by atoms with van der Waals surface area (Å²) in [4.78, 5) is 25.6. The molecule has 0 aliphatic carbocycles. The van der Waals surface area contributed by atoms with E-state index in [9.17, 15) is 23.1 Å². The van der Waals surface area contributed by atoms with E-state index < -0.39 is 22.0 Å². The van der Waals surface area contributed by atoms with Crippen molar-refractivity contribution in [1.82, 2.24) is 9.47 Å². The lowest BCUT2D eigenvalue weighted by molar-refractivity contribution is -0.000261. The zero-order valence-electron chi connectivity index (χ0n) is 17.6. The van der Waals surface area contributed by atoms with Gasteiger partial charge in [-0.05, 0) is 42.0 Å². The molecule has 2 aromatic carbocycles. The zero-order valence-corrected chi connectivity index (χ0v) is 19.2. The van der Waals surface area contributed by atoms with Gasteiger partial charge in [0.15, 0.2) is 9.84 Å². The van der Waals surface area contributed by atoms with Crippen LogP contribution in [0, 0.1) is 5.92 Å². The Labute approximate surface area is 195 Å². The lowest BCUT2D eigenvalue weighted by Crippen LogP contribution is -2.54. The fourth-order valence-electron chi connectivity index (χ4n) is 3.88. The maximum Gasteiger partial charge on any atom is 0.407 e. The largest absolute Gasteiger partial charge is 0.493 e. The predicted molar refractivity (Wildman–Crippen MR) is 123 cm³/mol. The molecule has 4 rings (SSSR count). The Bertz CT molecular complexity index is 1350. The molecule has 3 aromatic rings. The van der Waals surface area contributed by atoms with Gasteiger partial charge in [0.2, 0.25) is 0 Å². The molecule has 1 aliphatic heterocycles. The van der Waals surface area contributed by atoms with Gasteiger partial charge < -0.3 is 14.7 Å². The van der Waals surface area contributed by atoms with Crippen molar-refractivity contribution < 1.29 is 23.1 Å². The molecule has 1 N–H and O–H groups in total. The number of hydrogen-bond acceptors (Lipinski definition) is 5. The van der Waals surface area contributed by atoms with Crippen molar-refractivity contribution in [3.05, 3.63) is 87.8 Å². The summed E-state index contributed by atoms with van der Waals surface area (Å²) >= 11 is 6.28. The molecule has 2 heterocycles. The molecule has 1 aromatic heterocycles. The van der Waals surface area contributed by atoms with Crippen LogP contribution in [-0.2, 0) is 9.84 Å². The molecule has 1 amide bonds. The fraction of sp³-hybridized carbons (Fsp3) is 0.217. The third-order valence-corrected chi connectivity index (χ3v) is 7.05. The van der Waals surface area contributed by atoms with Crippen LogP contribution in [0.25, 0.3) is 5.69 Å². The lowest BCUT2D eigenvalue weighted by atomic mass is 9.84. The number of nitrogens with zero attached hydrogens (tertiary/aromatic N) is 2. The highest BCUT2D eigenvalue weighted by atomic mass is 35.5. The Morgan fingerprint density at radius 3 is 2.45 bits per heavy atom. The molecule has 8 nitrogen and oxygen atoms in total. The predicted octanol–water partition coefficient (Wildman–Crippen LogP) is 3.62. The van der Waals surface area contributed by atoms with E-state index in [1.165, 1.54) is 27.7 Å². The number of rotatable bonds is 6. The number of hydrogen-bond donors (Lipinski definition) is 1. The number of amides is 1. The second-order valence-electron chi connectivity index (χ2n) is 7.81. The van der Waals surface area contributed by atoms with Crippen LogP contribution in [0.15, 0.2) is 76.6 Å². The highest BCUT2D eigenvalue weighted by Gasteiger charge is 2.44. The van der Waals surface area contributed by atoms with Crippen LogP contribution in [0.2, 0.25) is 5.02 Å². The van der Waals surface area contributed by atoms with Crippen molar-refractivity contribution in [2.24, 2.45) is 5.92 Å². The van der Waals surface area contributed by atoms with Crippen LogP contribution in [0.3, 0.4) is 0 Å². The molecule has 33 heavy (non-hydrogen) atoms. The molecule has 10 heteroatoms. The Balaban J connectivity index is 1.48. The summed E-state index contributed by atoms with van der Waals surface area (Å²) in [7, 11) is -3.32. The van der Waals surface area contributed by atoms with Crippen LogP contribution in [-0.4, -0.2) is 48.5 Å². The Morgan fingerprint density at radius 1 is 1.15 bits per heavy atom. The molecular weight excluding hydrogens is 468 g/mol. The van der Waals surface area contributed by atoms with Crippen LogP contribution in [0.5, 0.6) is 5.75 Å². The number of likely N-dealkylation sites (tertiary alicyclic amines) is 1. The number of ether oxygens (including phenoxy) is 1. The summed E-state index contributed by atoms with van der Waals surface area (Å²) in [5, 5.41) is 9.95. The van der Waals surface area contributed by atoms with Crippen molar-refractivity contribution in [2.75, 3.05) is 19.4 Å². The summed E-state index contributed by atoms with van der Waals surface area (Å²) in [5.41, 5.74) is 0.895. The average molecular weight is 489 g/mol. The van der Waals surface area contributed by atoms with Crippen molar-refractivity contribution in [2.45, 2.75) is 10.9 Å². The summed E-state index contributed by atoms with van der Waals surface area (Å²) in [5.74, 6) is 0.239. The second-order valence-corrected chi connectivity index (χ2v) is 10.2. The van der Waals surface area contributed by atoms with Crippen molar-refractivity contribution in [3.8, 4) is 11.4 Å². The minimum absolute atomic E-state index is 0.119. The molecule has 0 spiro atoms. The van der Waals surface area contributed by atoms with E-state index in [1.54, 1.807) is 48.7 Å². The minimum Gasteiger partial charge on any atom is -0.493 e. The first kappa shape index (κ1) is 22.9. The van der Waals surface area contributed by atoms with Gasteiger partial charge in [0.25, 0.3) is 5.56 Å². The first-order valence-electron chi connectivity index (χ1n) is 10.0. The van der Waals surface area contributed by atoms with E-state index in [0.29, 0.717) is 23.0 Å². The normalized spacial score (nSPS) is 17.9. The Hall–Kier alpha value is -3.30. The van der Waals surface area contributed by atoms with Gasteiger partial charge in [0.1, 0.15) is 5.75 Å². The van der Waals surface area contributed by atoms with Crippen molar-refractivity contribution in [3.63, 3.8) is 0 Å². The molecule has 2 unspecified atom stereocenters. The quantitative estimate of drug-likeness (QED) is 0.568. The van der Waals surface area contributed by atoms with Gasteiger partial charge in [-0.25, -0.2) is 13.2 Å². The summed E-state index contributed by atoms with van der Waals surface area (Å²) in [6.07, 6.45) is 1.64. The van der Waals surface area contributed by atoms with Gasteiger partial charge >= 0.3 is 6.09 Å². The monoisotopic (exact) mass is 488 g/mol. The van der Waals surface area contributed by atoms with Gasteiger partial charge in [0, 0.05) is 41.7 Å². The number of benzene rings is 2. The van der Waals surface area contributed by atoms with E-state index in [4.69, 9.17) is 16.3 Å². The van der Waals surface area contributed by atoms with E-state index in [1.807, 2.05) is 0 Å². The fourth-order valence-corrected chi connectivity index (χ4v) is 4.76. The number of sulfone groups is 1. The SMILES string of the molecule is CS(=O)(=O)c1ccc(-n2ccc(OCC3CN(C(=O)O)C3c3ccccc3Cl)cc2=O)cc1. The topological polar surface area (TPSA) is 106 Å². The molecule has 1 fully saturated rings. The van der Waals surface area contributed by atoms with E-state index in [2.05, 4.69) is 0 Å². The van der Waals surface area contributed by atoms with Gasteiger partial charge in [-0.15, -0.1) is 0 Å². The van der Waals surface area contributed by atoms with Crippen LogP contribution >= 0.6 is 11.6 Å². The summed E-state index contributed by atoms with van der Waals surface area (Å²) < 4.78 is 30.4. The van der Waals surface area contributed by atoms with Crippen LogP contribution in [0.1, 0.15) is 11.6 Å². The van der Waals surface area contributed by atoms with Gasteiger partial charge in [-0.3, -0.25) is 9.36 Å². The molecule has 1 saturated heterocycles. The molecule has 0 saturated carbocycles.